The molecular weight excluding hydrogens is 502 g/mol. The van der Waals surface area contributed by atoms with Crippen molar-refractivity contribution >= 4 is 42.4 Å². The van der Waals surface area contributed by atoms with Crippen molar-refractivity contribution in [3.63, 3.8) is 0 Å². The quantitative estimate of drug-likeness (QED) is 0.484. The third kappa shape index (κ3) is 4.57. The molecular formula is C21H22BrN3O4S2. The summed E-state index contributed by atoms with van der Waals surface area (Å²) in [5.41, 5.74) is 1.97. The number of hydrogen-bond donors (Lipinski definition) is 0. The lowest BCUT2D eigenvalue weighted by Crippen LogP contribution is -2.48. The first-order valence-corrected chi connectivity index (χ1v) is 12.7. The van der Waals surface area contributed by atoms with E-state index in [1.165, 1.54) is 24.6 Å². The van der Waals surface area contributed by atoms with Gasteiger partial charge in [-0.05, 0) is 24.3 Å². The fourth-order valence-electron chi connectivity index (χ4n) is 3.44. The molecule has 0 bridgehead atoms. The highest BCUT2D eigenvalue weighted by atomic mass is 79.9. The van der Waals surface area contributed by atoms with Crippen molar-refractivity contribution in [3.05, 3.63) is 52.3 Å². The maximum atomic E-state index is 13.1. The highest BCUT2D eigenvalue weighted by molar-refractivity contribution is 9.10. The molecule has 0 N–H and O–H groups in total. The van der Waals surface area contributed by atoms with Gasteiger partial charge >= 0.3 is 0 Å². The van der Waals surface area contributed by atoms with Gasteiger partial charge in [-0.1, -0.05) is 28.1 Å². The molecule has 0 radical (unpaired) electrons. The van der Waals surface area contributed by atoms with E-state index in [4.69, 9.17) is 14.5 Å². The summed E-state index contributed by atoms with van der Waals surface area (Å²) in [7, 11) is -0.610. The monoisotopic (exact) mass is 523 g/mol. The molecule has 7 nitrogen and oxygen atoms in total. The largest absolute Gasteiger partial charge is 0.493 e. The smallest absolute Gasteiger partial charge is 0.243 e. The number of halogens is 1. The van der Waals surface area contributed by atoms with Crippen molar-refractivity contribution in [2.24, 2.45) is 0 Å². The summed E-state index contributed by atoms with van der Waals surface area (Å²) in [6.07, 6.45) is 0. The number of methoxy groups -OCH3 is 2. The molecule has 2 aromatic carbocycles. The van der Waals surface area contributed by atoms with E-state index in [0.29, 0.717) is 37.7 Å². The van der Waals surface area contributed by atoms with E-state index in [1.54, 1.807) is 23.5 Å². The molecule has 31 heavy (non-hydrogen) atoms. The maximum Gasteiger partial charge on any atom is 0.243 e. The van der Waals surface area contributed by atoms with E-state index < -0.39 is 10.0 Å². The molecule has 2 heterocycles. The highest BCUT2D eigenvalue weighted by Gasteiger charge is 2.30. The Hall–Kier alpha value is -2.14. The minimum absolute atomic E-state index is 0.199. The van der Waals surface area contributed by atoms with Crippen LogP contribution in [0.3, 0.4) is 0 Å². The van der Waals surface area contributed by atoms with E-state index in [1.807, 2.05) is 29.6 Å². The molecule has 0 unspecified atom stereocenters. The number of anilines is 1. The molecule has 0 atom stereocenters. The van der Waals surface area contributed by atoms with Crippen LogP contribution in [-0.2, 0) is 10.0 Å². The van der Waals surface area contributed by atoms with Crippen molar-refractivity contribution < 1.29 is 17.9 Å². The summed E-state index contributed by atoms with van der Waals surface area (Å²) >= 11 is 5.06. The summed E-state index contributed by atoms with van der Waals surface area (Å²) in [5.74, 6) is 0.890. The lowest BCUT2D eigenvalue weighted by molar-refractivity contribution is 0.353. The fourth-order valence-corrected chi connectivity index (χ4v) is 6.16. The van der Waals surface area contributed by atoms with Gasteiger partial charge in [-0.3, -0.25) is 0 Å². The van der Waals surface area contributed by atoms with Gasteiger partial charge in [0.25, 0.3) is 0 Å². The molecule has 0 saturated carbocycles. The van der Waals surface area contributed by atoms with Gasteiger partial charge in [0, 0.05) is 47.7 Å². The van der Waals surface area contributed by atoms with Crippen molar-refractivity contribution in [2.75, 3.05) is 45.3 Å². The summed E-state index contributed by atoms with van der Waals surface area (Å²) in [4.78, 5) is 7.09. The second-order valence-electron chi connectivity index (χ2n) is 6.93. The lowest BCUT2D eigenvalue weighted by atomic mass is 10.2. The Balaban J connectivity index is 1.46. The number of nitrogens with zero attached hydrogens (tertiary/aromatic N) is 3. The summed E-state index contributed by atoms with van der Waals surface area (Å²) in [5, 5.41) is 2.93. The topological polar surface area (TPSA) is 72.0 Å². The Morgan fingerprint density at radius 2 is 1.74 bits per heavy atom. The molecule has 10 heteroatoms. The van der Waals surface area contributed by atoms with Gasteiger partial charge in [0.1, 0.15) is 0 Å². The molecule has 1 aromatic heterocycles. The van der Waals surface area contributed by atoms with Crippen molar-refractivity contribution in [2.45, 2.75) is 4.90 Å². The van der Waals surface area contributed by atoms with E-state index >= 15 is 0 Å². The fraction of sp³-hybridized carbons (Fsp3) is 0.286. The molecule has 1 saturated heterocycles. The highest BCUT2D eigenvalue weighted by Crippen LogP contribution is 2.32. The second-order valence-corrected chi connectivity index (χ2v) is 10.6. The van der Waals surface area contributed by atoms with Crippen LogP contribution in [-0.4, -0.2) is 58.1 Å². The van der Waals surface area contributed by atoms with Crippen LogP contribution in [0.5, 0.6) is 11.5 Å². The molecule has 0 amide bonds. The predicted molar refractivity (Wildman–Crippen MR) is 126 cm³/mol. The molecule has 1 aliphatic rings. The minimum Gasteiger partial charge on any atom is -0.493 e. The van der Waals surface area contributed by atoms with Gasteiger partial charge < -0.3 is 14.4 Å². The van der Waals surface area contributed by atoms with Gasteiger partial charge in [-0.15, -0.1) is 11.3 Å². The SMILES string of the molecule is COc1ccc(S(=O)(=O)N2CCN(c3nc(-c4cccc(Br)c4)cs3)CC2)cc1OC. The van der Waals surface area contributed by atoms with E-state index in [9.17, 15) is 8.42 Å². The second kappa shape index (κ2) is 9.15. The molecule has 4 rings (SSSR count). The number of rotatable bonds is 6. The number of aromatic nitrogens is 1. The molecule has 164 valence electrons. The number of ether oxygens (including phenoxy) is 2. The Labute approximate surface area is 194 Å². The number of sulfonamides is 1. The van der Waals surface area contributed by atoms with E-state index in [2.05, 4.69) is 20.8 Å². The first-order chi connectivity index (χ1) is 14.9. The van der Waals surface area contributed by atoms with Crippen molar-refractivity contribution in [1.29, 1.82) is 0 Å². The van der Waals surface area contributed by atoms with Crippen molar-refractivity contribution in [3.8, 4) is 22.8 Å². The average Bonchev–Trinajstić information content (AvgIpc) is 3.29. The van der Waals surface area contributed by atoms with Gasteiger partial charge in [-0.25, -0.2) is 13.4 Å². The standard InChI is InChI=1S/C21H22BrN3O4S2/c1-28-19-7-6-17(13-20(19)29-2)31(26,27)25-10-8-24(9-11-25)21-23-18(14-30-21)15-4-3-5-16(22)12-15/h3-7,12-14H,8-11H2,1-2H3. The summed E-state index contributed by atoms with van der Waals surface area (Å²) in [6, 6.07) is 12.7. The van der Waals surface area contributed by atoms with Crippen LogP contribution in [0.4, 0.5) is 5.13 Å². The van der Waals surface area contributed by atoms with Crippen LogP contribution in [0.2, 0.25) is 0 Å². The van der Waals surface area contributed by atoms with Gasteiger partial charge in [0.05, 0.1) is 24.8 Å². The molecule has 0 spiro atoms. The molecule has 1 fully saturated rings. The zero-order valence-electron chi connectivity index (χ0n) is 17.1. The van der Waals surface area contributed by atoms with Gasteiger partial charge in [-0.2, -0.15) is 4.31 Å². The first-order valence-electron chi connectivity index (χ1n) is 9.61. The van der Waals surface area contributed by atoms with Crippen LogP contribution < -0.4 is 14.4 Å². The number of thiazole rings is 1. The maximum absolute atomic E-state index is 13.1. The van der Waals surface area contributed by atoms with Gasteiger partial charge in [0.15, 0.2) is 16.6 Å². The zero-order chi connectivity index (χ0) is 22.0. The molecule has 1 aliphatic heterocycles. The van der Waals surface area contributed by atoms with Gasteiger partial charge in [0.2, 0.25) is 10.0 Å². The first kappa shape index (κ1) is 22.1. The summed E-state index contributed by atoms with van der Waals surface area (Å²) in [6.45, 7) is 1.95. The Kier molecular flexibility index (Phi) is 6.52. The Bertz CT molecular complexity index is 1170. The van der Waals surface area contributed by atoms with E-state index in [0.717, 1.165) is 20.9 Å². The van der Waals surface area contributed by atoms with Crippen LogP contribution in [0.1, 0.15) is 0 Å². The normalized spacial score (nSPS) is 15.1. The average molecular weight is 524 g/mol. The Morgan fingerprint density at radius 3 is 2.42 bits per heavy atom. The van der Waals surface area contributed by atoms with Crippen molar-refractivity contribution in [1.82, 2.24) is 9.29 Å². The minimum atomic E-state index is -3.62. The van der Waals surface area contributed by atoms with E-state index in [-0.39, 0.29) is 4.90 Å². The molecule has 0 aliphatic carbocycles. The number of hydrogen-bond acceptors (Lipinski definition) is 7. The Morgan fingerprint density at radius 1 is 1.00 bits per heavy atom. The van der Waals surface area contributed by atoms with Crippen LogP contribution >= 0.6 is 27.3 Å². The number of piperazine rings is 1. The third-order valence-electron chi connectivity index (χ3n) is 5.11. The zero-order valence-corrected chi connectivity index (χ0v) is 20.3. The van der Waals surface area contributed by atoms with Crippen LogP contribution in [0.25, 0.3) is 11.3 Å². The third-order valence-corrected chi connectivity index (χ3v) is 8.40. The number of benzene rings is 2. The molecule has 3 aromatic rings. The van der Waals surface area contributed by atoms with Crippen LogP contribution in [0.15, 0.2) is 57.2 Å². The van der Waals surface area contributed by atoms with Crippen LogP contribution in [0, 0.1) is 0 Å². The lowest BCUT2D eigenvalue weighted by Gasteiger charge is -2.33. The predicted octanol–water partition coefficient (Wildman–Crippen LogP) is 4.10. The summed E-state index contributed by atoms with van der Waals surface area (Å²) < 4.78 is 39.2.